The lowest BCUT2D eigenvalue weighted by Crippen LogP contribution is -2.41. The van der Waals surface area contributed by atoms with Crippen LogP contribution in [0.2, 0.25) is 0 Å². The monoisotopic (exact) mass is 325 g/mol. The molecular formula is C12H14F3NO4S. The standard InChI is InChI=1S/C12H14F3NO4S/c13-12(14,15)20-11-3-1-10(2-4-11)9-21(17,18)16-5-7-19-8-6-16/h1-4H,5-9H2. The normalized spacial score (nSPS) is 17.7. The lowest BCUT2D eigenvalue weighted by atomic mass is 10.2. The molecule has 21 heavy (non-hydrogen) atoms. The molecule has 0 N–H and O–H groups in total. The first-order valence-electron chi connectivity index (χ1n) is 6.16. The Labute approximate surface area is 120 Å². The Hall–Kier alpha value is -1.32. The van der Waals surface area contributed by atoms with Crippen LogP contribution in [0.1, 0.15) is 5.56 Å². The van der Waals surface area contributed by atoms with E-state index in [1.165, 1.54) is 16.4 Å². The molecule has 1 heterocycles. The summed E-state index contributed by atoms with van der Waals surface area (Å²) in [6.07, 6.45) is -4.76. The van der Waals surface area contributed by atoms with Gasteiger partial charge in [-0.05, 0) is 17.7 Å². The van der Waals surface area contributed by atoms with Crippen molar-refractivity contribution >= 4 is 10.0 Å². The molecule has 1 aliphatic rings. The van der Waals surface area contributed by atoms with Gasteiger partial charge in [0.05, 0.1) is 19.0 Å². The number of hydrogen-bond acceptors (Lipinski definition) is 4. The number of ether oxygens (including phenoxy) is 2. The first kappa shape index (κ1) is 16.1. The molecule has 0 unspecified atom stereocenters. The molecule has 1 aromatic rings. The second kappa shape index (κ2) is 6.20. The number of morpholine rings is 1. The van der Waals surface area contributed by atoms with Gasteiger partial charge in [0.1, 0.15) is 5.75 Å². The van der Waals surface area contributed by atoms with Gasteiger partial charge in [0, 0.05) is 13.1 Å². The van der Waals surface area contributed by atoms with Crippen molar-refractivity contribution in [2.45, 2.75) is 12.1 Å². The Morgan fingerprint density at radius 1 is 1.14 bits per heavy atom. The van der Waals surface area contributed by atoms with Crippen LogP contribution in [0.25, 0.3) is 0 Å². The van der Waals surface area contributed by atoms with Gasteiger partial charge >= 0.3 is 6.36 Å². The molecule has 0 amide bonds. The van der Waals surface area contributed by atoms with Crippen molar-refractivity contribution < 1.29 is 31.1 Å². The fraction of sp³-hybridized carbons (Fsp3) is 0.500. The molecule has 9 heteroatoms. The van der Waals surface area contributed by atoms with Crippen LogP contribution < -0.4 is 4.74 Å². The van der Waals surface area contributed by atoms with Crippen LogP contribution in [0.15, 0.2) is 24.3 Å². The molecule has 1 saturated heterocycles. The highest BCUT2D eigenvalue weighted by atomic mass is 32.2. The maximum Gasteiger partial charge on any atom is 0.573 e. The molecule has 0 saturated carbocycles. The summed E-state index contributed by atoms with van der Waals surface area (Å²) in [4.78, 5) is 0. The van der Waals surface area contributed by atoms with Gasteiger partial charge in [-0.3, -0.25) is 0 Å². The van der Waals surface area contributed by atoms with Crippen molar-refractivity contribution in [1.29, 1.82) is 0 Å². The van der Waals surface area contributed by atoms with Gasteiger partial charge < -0.3 is 9.47 Å². The Bertz CT molecular complexity index is 565. The predicted molar refractivity (Wildman–Crippen MR) is 68.1 cm³/mol. The summed E-state index contributed by atoms with van der Waals surface area (Å²) in [5.74, 6) is -0.644. The van der Waals surface area contributed by atoms with Crippen molar-refractivity contribution in [3.05, 3.63) is 29.8 Å². The van der Waals surface area contributed by atoms with E-state index >= 15 is 0 Å². The van der Waals surface area contributed by atoms with E-state index in [0.717, 1.165) is 12.1 Å². The number of nitrogens with zero attached hydrogens (tertiary/aromatic N) is 1. The van der Waals surface area contributed by atoms with Crippen LogP contribution in [0.4, 0.5) is 13.2 Å². The summed E-state index contributed by atoms with van der Waals surface area (Å²) in [6, 6.07) is 4.80. The minimum Gasteiger partial charge on any atom is -0.406 e. The molecule has 1 aromatic carbocycles. The maximum atomic E-state index is 12.1. The maximum absolute atomic E-state index is 12.1. The van der Waals surface area contributed by atoms with E-state index in [1.54, 1.807) is 0 Å². The first-order valence-corrected chi connectivity index (χ1v) is 7.77. The number of sulfonamides is 1. The van der Waals surface area contributed by atoms with E-state index < -0.39 is 16.4 Å². The molecule has 118 valence electrons. The van der Waals surface area contributed by atoms with Crippen LogP contribution in [-0.2, 0) is 20.5 Å². The topological polar surface area (TPSA) is 55.8 Å². The Morgan fingerprint density at radius 3 is 2.24 bits per heavy atom. The number of rotatable bonds is 4. The molecule has 5 nitrogen and oxygen atoms in total. The SMILES string of the molecule is O=S(=O)(Cc1ccc(OC(F)(F)F)cc1)N1CCOCC1. The van der Waals surface area contributed by atoms with Gasteiger partial charge in [0.15, 0.2) is 0 Å². The van der Waals surface area contributed by atoms with Crippen LogP contribution in [0.5, 0.6) is 5.75 Å². The third-order valence-corrected chi connectivity index (χ3v) is 4.72. The third kappa shape index (κ3) is 4.87. The molecule has 1 aliphatic heterocycles. The summed E-state index contributed by atoms with van der Waals surface area (Å²) in [5.41, 5.74) is 0.399. The Kier molecular flexibility index (Phi) is 4.74. The summed E-state index contributed by atoms with van der Waals surface area (Å²) >= 11 is 0. The smallest absolute Gasteiger partial charge is 0.406 e. The summed E-state index contributed by atoms with van der Waals surface area (Å²) in [7, 11) is -3.49. The van der Waals surface area contributed by atoms with Crippen LogP contribution in [0, 0.1) is 0 Å². The largest absolute Gasteiger partial charge is 0.573 e. The predicted octanol–water partition coefficient (Wildman–Crippen LogP) is 1.75. The zero-order valence-corrected chi connectivity index (χ0v) is 11.8. The van der Waals surface area contributed by atoms with Crippen molar-refractivity contribution in [2.24, 2.45) is 0 Å². The minimum absolute atomic E-state index is 0.265. The number of benzene rings is 1. The van der Waals surface area contributed by atoms with E-state index in [4.69, 9.17) is 4.74 Å². The minimum atomic E-state index is -4.76. The molecule has 2 rings (SSSR count). The molecule has 1 fully saturated rings. The van der Waals surface area contributed by atoms with Crippen molar-refractivity contribution in [3.63, 3.8) is 0 Å². The Morgan fingerprint density at radius 2 is 1.71 bits per heavy atom. The quantitative estimate of drug-likeness (QED) is 0.846. The zero-order chi connectivity index (χ0) is 15.5. The van der Waals surface area contributed by atoms with Crippen molar-refractivity contribution in [1.82, 2.24) is 4.31 Å². The fourth-order valence-electron chi connectivity index (χ4n) is 1.91. The van der Waals surface area contributed by atoms with Crippen LogP contribution in [-0.4, -0.2) is 45.4 Å². The summed E-state index contributed by atoms with van der Waals surface area (Å²) in [5, 5.41) is 0. The van der Waals surface area contributed by atoms with Crippen LogP contribution in [0.3, 0.4) is 0 Å². The average Bonchev–Trinajstić information content (AvgIpc) is 2.40. The summed E-state index contributed by atoms with van der Waals surface area (Å²) < 4.78 is 70.4. The highest BCUT2D eigenvalue weighted by molar-refractivity contribution is 7.88. The molecule has 0 bridgehead atoms. The van der Waals surface area contributed by atoms with Crippen molar-refractivity contribution in [3.8, 4) is 5.75 Å². The van der Waals surface area contributed by atoms with Gasteiger partial charge in [0.2, 0.25) is 10.0 Å². The fourth-order valence-corrected chi connectivity index (χ4v) is 3.42. The molecular weight excluding hydrogens is 311 g/mol. The Balaban J connectivity index is 2.02. The first-order chi connectivity index (χ1) is 9.76. The highest BCUT2D eigenvalue weighted by Gasteiger charge is 2.31. The number of halogens is 3. The van der Waals surface area contributed by atoms with Crippen LogP contribution >= 0.6 is 0 Å². The number of hydrogen-bond donors (Lipinski definition) is 0. The zero-order valence-electron chi connectivity index (χ0n) is 11.0. The third-order valence-electron chi connectivity index (χ3n) is 2.87. The lowest BCUT2D eigenvalue weighted by molar-refractivity contribution is -0.274. The molecule has 0 aromatic heterocycles. The second-order valence-corrected chi connectivity index (χ2v) is 6.43. The van der Waals surface area contributed by atoms with E-state index in [-0.39, 0.29) is 24.6 Å². The molecule has 0 aliphatic carbocycles. The lowest BCUT2D eigenvalue weighted by Gasteiger charge is -2.26. The molecule has 0 spiro atoms. The second-order valence-electron chi connectivity index (χ2n) is 4.46. The van der Waals surface area contributed by atoms with Gasteiger partial charge in [-0.1, -0.05) is 12.1 Å². The average molecular weight is 325 g/mol. The van der Waals surface area contributed by atoms with E-state index in [0.29, 0.717) is 18.8 Å². The summed E-state index contributed by atoms with van der Waals surface area (Å²) in [6.45, 7) is 1.27. The van der Waals surface area contributed by atoms with E-state index in [9.17, 15) is 21.6 Å². The van der Waals surface area contributed by atoms with E-state index in [2.05, 4.69) is 4.74 Å². The molecule has 0 radical (unpaired) electrons. The van der Waals surface area contributed by atoms with Gasteiger partial charge in [-0.15, -0.1) is 13.2 Å². The number of alkyl halides is 3. The highest BCUT2D eigenvalue weighted by Crippen LogP contribution is 2.23. The van der Waals surface area contributed by atoms with Gasteiger partial charge in [-0.2, -0.15) is 4.31 Å². The van der Waals surface area contributed by atoms with Gasteiger partial charge in [-0.25, -0.2) is 8.42 Å². The van der Waals surface area contributed by atoms with E-state index in [1.807, 2.05) is 0 Å². The van der Waals surface area contributed by atoms with Gasteiger partial charge in [0.25, 0.3) is 0 Å². The molecule has 0 atom stereocenters. The van der Waals surface area contributed by atoms with Crippen molar-refractivity contribution in [2.75, 3.05) is 26.3 Å².